The molecule has 0 aliphatic heterocycles. The molecule has 4 N–H and O–H groups in total. The quantitative estimate of drug-likeness (QED) is 0.0838. The van der Waals surface area contributed by atoms with Crippen molar-refractivity contribution < 1.29 is 14.2 Å². The lowest BCUT2D eigenvalue weighted by atomic mass is 10.3. The molecule has 0 fully saturated rings. The maximum absolute atomic E-state index is 12.2. The molecular formula is C28H37Cl3N6O3P2. The molecule has 0 aliphatic rings. The van der Waals surface area contributed by atoms with Crippen molar-refractivity contribution in [3.05, 3.63) is 88.8 Å². The minimum atomic E-state index is -2.34. The Labute approximate surface area is 263 Å². The van der Waals surface area contributed by atoms with Crippen molar-refractivity contribution in [1.29, 1.82) is 0 Å². The van der Waals surface area contributed by atoms with Gasteiger partial charge < -0.3 is 25.3 Å². The predicted octanol–water partition coefficient (Wildman–Crippen LogP) is 7.20. The van der Waals surface area contributed by atoms with E-state index in [1.54, 1.807) is 51.1 Å². The smallest absolute Gasteiger partial charge is 0.224 e. The molecule has 0 bridgehead atoms. The third kappa shape index (κ3) is 15.1. The molecular weight excluding hydrogens is 637 g/mol. The number of aliphatic hydroxyl groups is 1. The van der Waals surface area contributed by atoms with Crippen molar-refractivity contribution in [2.24, 2.45) is 0 Å². The SMILES string of the molecule is CCCCO.CP(C)(=O)c1ccccc1N.CP(C)(=O)c1ccccc1Nc1ccnc(Cl)n1.Clc1ccnc(Cl)n1. The Morgan fingerprint density at radius 2 is 1.31 bits per heavy atom. The molecule has 0 radical (unpaired) electrons. The molecule has 2 aromatic heterocycles. The molecule has 42 heavy (non-hydrogen) atoms. The van der Waals surface area contributed by atoms with Gasteiger partial charge in [0.05, 0.1) is 5.69 Å². The van der Waals surface area contributed by atoms with Crippen LogP contribution in [0.25, 0.3) is 0 Å². The molecule has 0 spiro atoms. The van der Waals surface area contributed by atoms with Gasteiger partial charge in [-0.15, -0.1) is 0 Å². The zero-order chi connectivity index (χ0) is 31.8. The average molecular weight is 674 g/mol. The van der Waals surface area contributed by atoms with Crippen LogP contribution in [0.3, 0.4) is 0 Å². The fraction of sp³-hybridized carbons (Fsp3) is 0.286. The Hall–Kier alpha value is -2.51. The van der Waals surface area contributed by atoms with Gasteiger partial charge in [0.25, 0.3) is 0 Å². The molecule has 4 rings (SSSR count). The van der Waals surface area contributed by atoms with E-state index < -0.39 is 14.3 Å². The third-order valence-electron chi connectivity index (χ3n) is 4.99. The highest BCUT2D eigenvalue weighted by atomic mass is 35.5. The summed E-state index contributed by atoms with van der Waals surface area (Å²) in [5.74, 6) is 0.580. The molecule has 2 aromatic carbocycles. The zero-order valence-corrected chi connectivity index (χ0v) is 28.3. The number of nitrogens with one attached hydrogen (secondary N) is 1. The molecule has 0 saturated carbocycles. The van der Waals surface area contributed by atoms with E-state index in [-0.39, 0.29) is 10.6 Å². The van der Waals surface area contributed by atoms with Crippen LogP contribution in [0.2, 0.25) is 15.7 Å². The van der Waals surface area contributed by atoms with Crippen LogP contribution in [0, 0.1) is 0 Å². The van der Waals surface area contributed by atoms with E-state index in [0.717, 1.165) is 29.1 Å². The van der Waals surface area contributed by atoms with Crippen LogP contribution in [0.4, 0.5) is 17.2 Å². The minimum Gasteiger partial charge on any atom is -0.398 e. The molecule has 2 heterocycles. The molecule has 9 nitrogen and oxygen atoms in total. The number of rotatable bonds is 6. The van der Waals surface area contributed by atoms with Gasteiger partial charge in [-0.3, -0.25) is 0 Å². The van der Waals surface area contributed by atoms with Gasteiger partial charge >= 0.3 is 0 Å². The lowest BCUT2D eigenvalue weighted by Gasteiger charge is -2.14. The number of unbranched alkanes of at least 4 members (excludes halogenated alkanes) is 1. The largest absolute Gasteiger partial charge is 0.398 e. The molecule has 0 atom stereocenters. The molecule has 0 aliphatic carbocycles. The molecule has 14 heteroatoms. The van der Waals surface area contributed by atoms with Crippen molar-refractivity contribution in [3.63, 3.8) is 0 Å². The summed E-state index contributed by atoms with van der Waals surface area (Å²) in [6.45, 7) is 9.31. The Morgan fingerprint density at radius 3 is 1.71 bits per heavy atom. The Kier molecular flexibility index (Phi) is 16.9. The van der Waals surface area contributed by atoms with Crippen LogP contribution in [0.5, 0.6) is 0 Å². The van der Waals surface area contributed by atoms with Gasteiger partial charge in [-0.2, -0.15) is 0 Å². The van der Waals surface area contributed by atoms with Gasteiger partial charge in [0.1, 0.15) is 25.3 Å². The van der Waals surface area contributed by atoms with E-state index in [9.17, 15) is 9.13 Å². The number of aromatic nitrogens is 4. The number of halogens is 3. The van der Waals surface area contributed by atoms with E-state index in [0.29, 0.717) is 23.3 Å². The Morgan fingerprint density at radius 1 is 0.786 bits per heavy atom. The number of nitrogens with two attached hydrogens (primary N) is 1. The van der Waals surface area contributed by atoms with Crippen LogP contribution in [-0.4, -0.2) is 58.3 Å². The highest BCUT2D eigenvalue weighted by Gasteiger charge is 2.16. The zero-order valence-electron chi connectivity index (χ0n) is 24.2. The second-order valence-corrected chi connectivity index (χ2v) is 16.8. The second-order valence-electron chi connectivity index (χ2n) is 9.34. The Bertz CT molecular complexity index is 1470. The van der Waals surface area contributed by atoms with Crippen LogP contribution in [-0.2, 0) is 9.13 Å². The molecule has 0 amide bonds. The van der Waals surface area contributed by atoms with Gasteiger partial charge in [-0.25, -0.2) is 19.9 Å². The van der Waals surface area contributed by atoms with Crippen LogP contribution in [0.15, 0.2) is 73.1 Å². The number of hydrogen-bond acceptors (Lipinski definition) is 9. The van der Waals surface area contributed by atoms with Crippen LogP contribution in [0.1, 0.15) is 19.8 Å². The van der Waals surface area contributed by atoms with Crippen molar-refractivity contribution in [2.45, 2.75) is 19.8 Å². The first-order valence-corrected chi connectivity index (χ1v) is 19.1. The fourth-order valence-corrected chi connectivity index (χ4v) is 5.81. The number of anilines is 3. The number of nitrogen functional groups attached to an aromatic ring is 1. The van der Waals surface area contributed by atoms with E-state index >= 15 is 0 Å². The second kappa shape index (κ2) is 18.9. The van der Waals surface area contributed by atoms with E-state index in [1.165, 1.54) is 6.20 Å². The summed E-state index contributed by atoms with van der Waals surface area (Å²) in [6, 6.07) is 18.0. The normalized spacial score (nSPS) is 10.6. The standard InChI is InChI=1S/C12H13ClN3OP.C8H12NOP.C4H2Cl2N2.C4H10O/c1-18(2,17)10-6-4-3-5-9(10)15-11-7-8-14-12(13)16-11;1-11(2,10)8-6-4-3-5-7(8)9;5-3-1-2-7-4(6)8-3;1-2-3-4-5/h3-8H,1-2H3,(H,14,15,16);3-6H,9H2,1-2H3;1-2H;5H,2-4H2,1H3. The van der Waals surface area contributed by atoms with Crippen molar-refractivity contribution >= 4 is 76.9 Å². The highest BCUT2D eigenvalue weighted by Crippen LogP contribution is 2.38. The summed E-state index contributed by atoms with van der Waals surface area (Å²) in [5, 5.41) is 13.5. The highest BCUT2D eigenvalue weighted by molar-refractivity contribution is 7.70. The summed E-state index contributed by atoms with van der Waals surface area (Å²) in [5.41, 5.74) is 7.04. The van der Waals surface area contributed by atoms with Crippen LogP contribution < -0.4 is 21.7 Å². The molecule has 0 saturated heterocycles. The number of hydrogen-bond donors (Lipinski definition) is 3. The lowest BCUT2D eigenvalue weighted by Crippen LogP contribution is -2.09. The summed E-state index contributed by atoms with van der Waals surface area (Å²) < 4.78 is 23.8. The first kappa shape index (κ1) is 37.5. The maximum atomic E-state index is 12.2. The monoisotopic (exact) mass is 672 g/mol. The van der Waals surface area contributed by atoms with E-state index in [2.05, 4.69) is 32.2 Å². The van der Waals surface area contributed by atoms with Gasteiger partial charge in [-0.1, -0.05) is 49.2 Å². The summed E-state index contributed by atoms with van der Waals surface area (Å²) in [4.78, 5) is 15.1. The summed E-state index contributed by atoms with van der Waals surface area (Å²) in [7, 11) is -4.52. The molecule has 0 unspecified atom stereocenters. The summed E-state index contributed by atoms with van der Waals surface area (Å²) in [6.07, 6.45) is 5.10. The van der Waals surface area contributed by atoms with Gasteiger partial charge in [-0.05, 0) is 92.7 Å². The first-order valence-electron chi connectivity index (χ1n) is 12.7. The number of nitrogens with zero attached hydrogens (tertiary/aromatic N) is 4. The Balaban J connectivity index is 0.000000313. The molecule has 228 valence electrons. The number of aliphatic hydroxyl groups excluding tert-OH is 1. The number of benzene rings is 2. The van der Waals surface area contributed by atoms with E-state index in [1.807, 2.05) is 42.5 Å². The molecule has 4 aromatic rings. The predicted molar refractivity (Wildman–Crippen MR) is 180 cm³/mol. The fourth-order valence-electron chi connectivity index (χ4n) is 3.04. The summed E-state index contributed by atoms with van der Waals surface area (Å²) >= 11 is 16.5. The van der Waals surface area contributed by atoms with Crippen molar-refractivity contribution in [2.75, 3.05) is 44.3 Å². The average Bonchev–Trinajstić information content (AvgIpc) is 2.90. The van der Waals surface area contributed by atoms with Gasteiger partial charge in [0, 0.05) is 35.3 Å². The third-order valence-corrected chi connectivity index (χ3v) is 8.69. The van der Waals surface area contributed by atoms with E-state index in [4.69, 9.17) is 45.6 Å². The minimum absolute atomic E-state index is 0.175. The maximum Gasteiger partial charge on any atom is 0.224 e. The van der Waals surface area contributed by atoms with Gasteiger partial charge in [0.2, 0.25) is 10.6 Å². The topological polar surface area (TPSA) is 144 Å². The van der Waals surface area contributed by atoms with Crippen molar-refractivity contribution in [1.82, 2.24) is 19.9 Å². The first-order chi connectivity index (χ1) is 19.7. The van der Waals surface area contributed by atoms with Crippen LogP contribution >= 0.6 is 49.1 Å². The lowest BCUT2D eigenvalue weighted by molar-refractivity contribution is 0.287. The van der Waals surface area contributed by atoms with Crippen molar-refractivity contribution in [3.8, 4) is 0 Å². The van der Waals surface area contributed by atoms with Gasteiger partial charge in [0.15, 0.2) is 0 Å². The number of para-hydroxylation sites is 2.